The highest BCUT2D eigenvalue weighted by atomic mass is 32.1. The van der Waals surface area contributed by atoms with Gasteiger partial charge < -0.3 is 19.5 Å². The Bertz CT molecular complexity index is 1450. The fraction of sp³-hybridized carbons (Fsp3) is 0.241. The average Bonchev–Trinajstić information content (AvgIpc) is 3.38. The Hall–Kier alpha value is -3.85. The summed E-state index contributed by atoms with van der Waals surface area (Å²) in [5, 5.41) is 3.98. The highest BCUT2D eigenvalue weighted by Gasteiger charge is 2.42. The van der Waals surface area contributed by atoms with Gasteiger partial charge >= 0.3 is 6.18 Å². The van der Waals surface area contributed by atoms with Crippen molar-refractivity contribution in [3.05, 3.63) is 113 Å². The van der Waals surface area contributed by atoms with Crippen LogP contribution in [0.15, 0.2) is 79.0 Å². The van der Waals surface area contributed by atoms with Crippen LogP contribution in [-0.4, -0.2) is 26.7 Å². The molecule has 196 valence electrons. The first-order chi connectivity index (χ1) is 18.2. The summed E-state index contributed by atoms with van der Waals surface area (Å²) in [4.78, 5) is 6.66. The van der Waals surface area contributed by atoms with Gasteiger partial charge in [-0.1, -0.05) is 30.3 Å². The lowest BCUT2D eigenvalue weighted by Gasteiger charge is -2.28. The quantitative estimate of drug-likeness (QED) is 0.278. The second-order valence-electron chi connectivity index (χ2n) is 9.28. The number of ether oxygens (including phenoxy) is 1. The fourth-order valence-corrected chi connectivity index (χ4v) is 5.51. The summed E-state index contributed by atoms with van der Waals surface area (Å²) in [6.07, 6.45) is -2.75. The SMILES string of the molecule is COc1ccc(CN2C(=S)N[C@H](c3ccccn3)[C@@H]2c2cc(C)n(-c3ccccc3C(F)(F)F)c2C)cc1. The number of alkyl halides is 3. The normalized spacial score (nSPS) is 17.5. The number of nitrogens with one attached hydrogen (secondary N) is 1. The second-order valence-corrected chi connectivity index (χ2v) is 9.67. The topological polar surface area (TPSA) is 42.3 Å². The lowest BCUT2D eigenvalue weighted by Crippen LogP contribution is -2.29. The van der Waals surface area contributed by atoms with Crippen LogP contribution in [0.4, 0.5) is 13.2 Å². The number of pyridine rings is 1. The van der Waals surface area contributed by atoms with Crippen molar-refractivity contribution >= 4 is 17.3 Å². The molecule has 1 aliphatic heterocycles. The molecule has 1 saturated heterocycles. The van der Waals surface area contributed by atoms with Crippen LogP contribution in [0.1, 0.15) is 45.9 Å². The van der Waals surface area contributed by atoms with Crippen molar-refractivity contribution in [2.45, 2.75) is 38.7 Å². The number of halogens is 3. The van der Waals surface area contributed by atoms with Crippen molar-refractivity contribution in [1.82, 2.24) is 19.8 Å². The van der Waals surface area contributed by atoms with E-state index < -0.39 is 11.7 Å². The Morgan fingerprint density at radius 1 is 1.00 bits per heavy atom. The van der Waals surface area contributed by atoms with Crippen LogP contribution in [-0.2, 0) is 12.7 Å². The van der Waals surface area contributed by atoms with Gasteiger partial charge in [-0.05, 0) is 79.7 Å². The van der Waals surface area contributed by atoms with Crippen LogP contribution >= 0.6 is 12.2 Å². The fourth-order valence-electron chi connectivity index (χ4n) is 5.21. The van der Waals surface area contributed by atoms with Crippen LogP contribution in [0.3, 0.4) is 0 Å². The van der Waals surface area contributed by atoms with E-state index in [0.717, 1.165) is 34.3 Å². The zero-order valence-corrected chi connectivity index (χ0v) is 22.0. The van der Waals surface area contributed by atoms with Crippen LogP contribution in [0.5, 0.6) is 5.75 Å². The van der Waals surface area contributed by atoms with Gasteiger partial charge in [-0.3, -0.25) is 4.98 Å². The molecule has 1 fully saturated rings. The first-order valence-corrected chi connectivity index (χ1v) is 12.6. The summed E-state index contributed by atoms with van der Waals surface area (Å²) >= 11 is 5.80. The number of benzene rings is 2. The molecule has 0 radical (unpaired) electrons. The van der Waals surface area contributed by atoms with Gasteiger partial charge in [0.05, 0.1) is 36.1 Å². The Morgan fingerprint density at radius 3 is 2.37 bits per heavy atom. The largest absolute Gasteiger partial charge is 0.497 e. The number of thiocarbonyl (C=S) groups is 1. The summed E-state index contributed by atoms with van der Waals surface area (Å²) < 4.78 is 48.8. The maximum absolute atomic E-state index is 13.9. The van der Waals surface area contributed by atoms with Crippen molar-refractivity contribution in [3.8, 4) is 11.4 Å². The molecule has 0 unspecified atom stereocenters. The number of para-hydroxylation sites is 1. The van der Waals surface area contributed by atoms with Crippen LogP contribution < -0.4 is 10.1 Å². The van der Waals surface area contributed by atoms with E-state index in [2.05, 4.69) is 15.2 Å². The summed E-state index contributed by atoms with van der Waals surface area (Å²) in [5.41, 5.74) is 3.56. The van der Waals surface area contributed by atoms with Gasteiger partial charge in [0, 0.05) is 24.1 Å². The third kappa shape index (κ3) is 4.74. The number of aryl methyl sites for hydroxylation is 1. The molecule has 0 bridgehead atoms. The molecule has 38 heavy (non-hydrogen) atoms. The van der Waals surface area contributed by atoms with E-state index in [9.17, 15) is 13.2 Å². The average molecular weight is 537 g/mol. The zero-order valence-electron chi connectivity index (χ0n) is 21.2. The smallest absolute Gasteiger partial charge is 0.418 e. The minimum atomic E-state index is -4.48. The van der Waals surface area contributed by atoms with Gasteiger partial charge in [-0.25, -0.2) is 0 Å². The second kappa shape index (κ2) is 10.1. The highest BCUT2D eigenvalue weighted by Crippen LogP contribution is 2.43. The third-order valence-electron chi connectivity index (χ3n) is 6.95. The lowest BCUT2D eigenvalue weighted by atomic mass is 9.96. The Balaban J connectivity index is 1.63. The van der Waals surface area contributed by atoms with E-state index in [1.807, 2.05) is 62.4 Å². The van der Waals surface area contributed by atoms with Crippen LogP contribution in [0.25, 0.3) is 5.69 Å². The summed E-state index contributed by atoms with van der Waals surface area (Å²) in [6.45, 7) is 4.19. The van der Waals surface area contributed by atoms with E-state index >= 15 is 0 Å². The number of hydrogen-bond acceptors (Lipinski definition) is 3. The molecule has 5 nitrogen and oxygen atoms in total. The predicted molar refractivity (Wildman–Crippen MR) is 144 cm³/mol. The minimum Gasteiger partial charge on any atom is -0.497 e. The zero-order chi connectivity index (χ0) is 27.0. The molecule has 0 aliphatic carbocycles. The molecule has 0 saturated carbocycles. The summed E-state index contributed by atoms with van der Waals surface area (Å²) in [6, 6.07) is 20.5. The maximum atomic E-state index is 13.9. The van der Waals surface area contributed by atoms with E-state index in [1.54, 1.807) is 23.9 Å². The summed E-state index contributed by atoms with van der Waals surface area (Å²) in [7, 11) is 1.62. The Labute approximate surface area is 224 Å². The van der Waals surface area contributed by atoms with Gasteiger partial charge in [-0.2, -0.15) is 13.2 Å². The number of aromatic nitrogens is 2. The van der Waals surface area contributed by atoms with Crippen LogP contribution in [0.2, 0.25) is 0 Å². The van der Waals surface area contributed by atoms with E-state index in [0.29, 0.717) is 17.4 Å². The summed E-state index contributed by atoms with van der Waals surface area (Å²) in [5.74, 6) is 0.755. The number of hydrogen-bond donors (Lipinski definition) is 1. The van der Waals surface area contributed by atoms with Crippen LogP contribution in [0, 0.1) is 13.8 Å². The van der Waals surface area contributed by atoms with Crippen molar-refractivity contribution in [3.63, 3.8) is 0 Å². The van der Waals surface area contributed by atoms with Gasteiger partial charge in [0.1, 0.15) is 5.75 Å². The monoisotopic (exact) mass is 536 g/mol. The minimum absolute atomic E-state index is 0.103. The van der Waals surface area contributed by atoms with Crippen molar-refractivity contribution < 1.29 is 17.9 Å². The third-order valence-corrected chi connectivity index (χ3v) is 7.30. The molecule has 2 atom stereocenters. The lowest BCUT2D eigenvalue weighted by molar-refractivity contribution is -0.137. The first-order valence-electron chi connectivity index (χ1n) is 12.2. The molecule has 0 amide bonds. The number of nitrogens with zero attached hydrogens (tertiary/aromatic N) is 3. The van der Waals surface area contributed by atoms with E-state index in [4.69, 9.17) is 17.0 Å². The maximum Gasteiger partial charge on any atom is 0.418 e. The molecule has 1 aliphatic rings. The molecular formula is C29H27F3N4OS. The highest BCUT2D eigenvalue weighted by molar-refractivity contribution is 7.80. The van der Waals surface area contributed by atoms with Gasteiger partial charge in [0.15, 0.2) is 5.11 Å². The van der Waals surface area contributed by atoms with Gasteiger partial charge in [-0.15, -0.1) is 0 Å². The molecule has 1 N–H and O–H groups in total. The molecule has 4 aromatic rings. The first kappa shape index (κ1) is 25.8. The standard InChI is InChI=1S/C29H27F3N4OS/c1-18-16-22(19(2)36(18)25-10-5-4-8-23(25)29(30,31)32)27-26(24-9-6-7-15-33-24)34-28(38)35(27)17-20-11-13-21(37-3)14-12-20/h4-16,26-27H,17H2,1-3H3,(H,34,38)/t26-,27+/m1/s1. The Kier molecular flexibility index (Phi) is 6.88. The van der Waals surface area contributed by atoms with Crippen molar-refractivity contribution in [2.24, 2.45) is 0 Å². The van der Waals surface area contributed by atoms with Gasteiger partial charge in [0.2, 0.25) is 0 Å². The number of rotatable bonds is 6. The van der Waals surface area contributed by atoms with E-state index in [1.165, 1.54) is 12.1 Å². The Morgan fingerprint density at radius 2 is 1.71 bits per heavy atom. The molecule has 2 aromatic carbocycles. The molecule has 0 spiro atoms. The van der Waals surface area contributed by atoms with E-state index in [-0.39, 0.29) is 17.8 Å². The molecular weight excluding hydrogens is 509 g/mol. The molecule has 9 heteroatoms. The molecule has 2 aromatic heterocycles. The van der Waals surface area contributed by atoms with Gasteiger partial charge in [0.25, 0.3) is 0 Å². The van der Waals surface area contributed by atoms with Crippen molar-refractivity contribution in [1.29, 1.82) is 0 Å². The van der Waals surface area contributed by atoms with Crippen molar-refractivity contribution in [2.75, 3.05) is 7.11 Å². The number of methoxy groups -OCH3 is 1. The predicted octanol–water partition coefficient (Wildman–Crippen LogP) is 6.69. The molecule has 3 heterocycles. The molecule has 5 rings (SSSR count).